The lowest BCUT2D eigenvalue weighted by Gasteiger charge is -2.12. The van der Waals surface area contributed by atoms with Crippen LogP contribution in [0.2, 0.25) is 0 Å². The van der Waals surface area contributed by atoms with E-state index in [2.05, 4.69) is 42.1 Å². The molecule has 0 unspecified atom stereocenters. The molecule has 0 aliphatic carbocycles. The lowest BCUT2D eigenvalue weighted by molar-refractivity contribution is 0.426. The van der Waals surface area contributed by atoms with Crippen LogP contribution in [-0.4, -0.2) is 4.57 Å². The van der Waals surface area contributed by atoms with Crippen molar-refractivity contribution in [3.63, 3.8) is 0 Å². The first kappa shape index (κ1) is 11.0. The van der Waals surface area contributed by atoms with Gasteiger partial charge < -0.3 is 14.3 Å². The Labute approximate surface area is 96.1 Å². The van der Waals surface area contributed by atoms with Crippen molar-refractivity contribution in [2.24, 2.45) is 0 Å². The highest BCUT2D eigenvalue weighted by Gasteiger charge is 2.08. The smallest absolute Gasteiger partial charge is 0.120 e. The molecule has 0 aliphatic rings. The van der Waals surface area contributed by atoms with Crippen molar-refractivity contribution in [1.82, 2.24) is 9.88 Å². The van der Waals surface area contributed by atoms with E-state index in [0.717, 1.165) is 18.8 Å². The van der Waals surface area contributed by atoms with E-state index >= 15 is 0 Å². The molecule has 2 aromatic rings. The third-order valence-corrected chi connectivity index (χ3v) is 2.82. The van der Waals surface area contributed by atoms with E-state index in [0.29, 0.717) is 0 Å². The van der Waals surface area contributed by atoms with Gasteiger partial charge in [-0.2, -0.15) is 0 Å². The Kier molecular flexibility index (Phi) is 3.47. The highest BCUT2D eigenvalue weighted by Crippen LogP contribution is 2.13. The zero-order chi connectivity index (χ0) is 11.4. The monoisotopic (exact) mass is 218 g/mol. The minimum atomic E-state index is 0.246. The minimum absolute atomic E-state index is 0.246. The second kappa shape index (κ2) is 5.03. The predicted molar refractivity (Wildman–Crippen MR) is 64.1 cm³/mol. The fourth-order valence-corrected chi connectivity index (χ4v) is 1.81. The molecule has 0 saturated carbocycles. The van der Waals surface area contributed by atoms with E-state index in [1.165, 1.54) is 5.69 Å². The molecule has 0 aliphatic heterocycles. The van der Waals surface area contributed by atoms with Crippen LogP contribution in [0.3, 0.4) is 0 Å². The highest BCUT2D eigenvalue weighted by atomic mass is 16.3. The Morgan fingerprint density at radius 1 is 1.38 bits per heavy atom. The van der Waals surface area contributed by atoms with Crippen LogP contribution in [0.5, 0.6) is 0 Å². The summed E-state index contributed by atoms with van der Waals surface area (Å²) in [6.45, 7) is 6.14. The summed E-state index contributed by atoms with van der Waals surface area (Å²) in [5.41, 5.74) is 1.31. The minimum Gasteiger partial charge on any atom is -0.468 e. The molecule has 0 bridgehead atoms. The van der Waals surface area contributed by atoms with Crippen LogP contribution in [-0.2, 0) is 13.1 Å². The second-order valence-electron chi connectivity index (χ2n) is 3.90. The van der Waals surface area contributed by atoms with Gasteiger partial charge in [0.1, 0.15) is 5.76 Å². The third kappa shape index (κ3) is 2.36. The van der Waals surface area contributed by atoms with Crippen molar-refractivity contribution in [2.45, 2.75) is 33.0 Å². The van der Waals surface area contributed by atoms with Gasteiger partial charge in [0, 0.05) is 25.0 Å². The molecule has 2 rings (SSSR count). The van der Waals surface area contributed by atoms with E-state index in [1.807, 2.05) is 12.1 Å². The number of aryl methyl sites for hydroxylation is 1. The number of nitrogens with one attached hydrogen (secondary N) is 1. The number of nitrogens with zero attached hydrogens (tertiary/aromatic N) is 1. The quantitative estimate of drug-likeness (QED) is 0.836. The first-order valence-electron chi connectivity index (χ1n) is 5.72. The average Bonchev–Trinajstić information content (AvgIpc) is 2.96. The lowest BCUT2D eigenvalue weighted by Crippen LogP contribution is -2.19. The maximum atomic E-state index is 5.35. The van der Waals surface area contributed by atoms with E-state index in [9.17, 15) is 0 Å². The van der Waals surface area contributed by atoms with Gasteiger partial charge in [0.15, 0.2) is 0 Å². The maximum Gasteiger partial charge on any atom is 0.120 e. The average molecular weight is 218 g/mol. The Bertz CT molecular complexity index is 417. The van der Waals surface area contributed by atoms with Crippen molar-refractivity contribution >= 4 is 0 Å². The van der Waals surface area contributed by atoms with Crippen LogP contribution in [0.15, 0.2) is 41.1 Å². The molecule has 0 saturated heterocycles. The summed E-state index contributed by atoms with van der Waals surface area (Å²) in [5, 5.41) is 3.45. The summed E-state index contributed by atoms with van der Waals surface area (Å²) in [7, 11) is 0. The molecule has 86 valence electrons. The highest BCUT2D eigenvalue weighted by molar-refractivity contribution is 5.08. The molecule has 0 spiro atoms. The Balaban J connectivity index is 1.92. The molecular formula is C13H18N2O. The van der Waals surface area contributed by atoms with E-state index < -0.39 is 0 Å². The summed E-state index contributed by atoms with van der Waals surface area (Å²) in [6, 6.07) is 8.39. The molecule has 3 heteroatoms. The number of aromatic nitrogens is 1. The zero-order valence-corrected chi connectivity index (χ0v) is 9.81. The molecule has 2 heterocycles. The molecule has 0 radical (unpaired) electrons. The van der Waals surface area contributed by atoms with Crippen LogP contribution in [0.4, 0.5) is 0 Å². The lowest BCUT2D eigenvalue weighted by atomic mass is 10.2. The summed E-state index contributed by atoms with van der Waals surface area (Å²) >= 11 is 0. The zero-order valence-electron chi connectivity index (χ0n) is 9.81. The van der Waals surface area contributed by atoms with E-state index in [1.54, 1.807) is 6.26 Å². The summed E-state index contributed by atoms with van der Waals surface area (Å²) in [6.07, 6.45) is 3.82. The topological polar surface area (TPSA) is 30.1 Å². The van der Waals surface area contributed by atoms with E-state index in [4.69, 9.17) is 4.42 Å². The maximum absolute atomic E-state index is 5.35. The Morgan fingerprint density at radius 3 is 2.94 bits per heavy atom. The summed E-state index contributed by atoms with van der Waals surface area (Å²) in [5.74, 6) is 0.981. The van der Waals surface area contributed by atoms with Gasteiger partial charge in [-0.25, -0.2) is 0 Å². The Hall–Kier alpha value is -1.48. The molecular weight excluding hydrogens is 200 g/mol. The van der Waals surface area contributed by atoms with Gasteiger partial charge in [0.2, 0.25) is 0 Å². The van der Waals surface area contributed by atoms with Crippen molar-refractivity contribution in [3.8, 4) is 0 Å². The number of hydrogen-bond donors (Lipinski definition) is 1. The molecule has 0 fully saturated rings. The molecule has 1 atom stereocenters. The molecule has 3 nitrogen and oxygen atoms in total. The summed E-state index contributed by atoms with van der Waals surface area (Å²) < 4.78 is 7.59. The molecule has 0 amide bonds. The van der Waals surface area contributed by atoms with Crippen molar-refractivity contribution in [2.75, 3.05) is 0 Å². The molecule has 1 N–H and O–H groups in total. The first-order valence-corrected chi connectivity index (χ1v) is 5.72. The molecule has 16 heavy (non-hydrogen) atoms. The number of rotatable bonds is 5. The van der Waals surface area contributed by atoms with Crippen molar-refractivity contribution in [1.29, 1.82) is 0 Å². The Morgan fingerprint density at radius 2 is 2.25 bits per heavy atom. The number of furan rings is 1. The SMILES string of the molecule is CCn1cccc1CN[C@@H](C)c1ccco1. The van der Waals surface area contributed by atoms with E-state index in [-0.39, 0.29) is 6.04 Å². The van der Waals surface area contributed by atoms with Gasteiger partial charge in [-0.1, -0.05) is 0 Å². The van der Waals surface area contributed by atoms with Gasteiger partial charge in [-0.05, 0) is 38.1 Å². The molecule has 0 aromatic carbocycles. The largest absolute Gasteiger partial charge is 0.468 e. The van der Waals surface area contributed by atoms with Crippen LogP contribution < -0.4 is 5.32 Å². The third-order valence-electron chi connectivity index (χ3n) is 2.82. The van der Waals surface area contributed by atoms with Crippen molar-refractivity contribution < 1.29 is 4.42 Å². The van der Waals surface area contributed by atoms with Gasteiger partial charge in [0.05, 0.1) is 12.3 Å². The van der Waals surface area contributed by atoms with Gasteiger partial charge in [-0.15, -0.1) is 0 Å². The summed E-state index contributed by atoms with van der Waals surface area (Å²) in [4.78, 5) is 0. The van der Waals surface area contributed by atoms with Gasteiger partial charge in [0.25, 0.3) is 0 Å². The normalized spacial score (nSPS) is 12.9. The van der Waals surface area contributed by atoms with Gasteiger partial charge in [-0.3, -0.25) is 0 Å². The van der Waals surface area contributed by atoms with Crippen LogP contribution >= 0.6 is 0 Å². The standard InChI is InChI=1S/C13H18N2O/c1-3-15-8-4-6-12(15)10-14-11(2)13-7-5-9-16-13/h4-9,11,14H,3,10H2,1-2H3/t11-/m0/s1. The van der Waals surface area contributed by atoms with Gasteiger partial charge >= 0.3 is 0 Å². The van der Waals surface area contributed by atoms with Crippen LogP contribution in [0, 0.1) is 0 Å². The fourth-order valence-electron chi connectivity index (χ4n) is 1.81. The van der Waals surface area contributed by atoms with Crippen LogP contribution in [0.25, 0.3) is 0 Å². The fraction of sp³-hybridized carbons (Fsp3) is 0.385. The number of hydrogen-bond acceptors (Lipinski definition) is 2. The molecule has 2 aromatic heterocycles. The second-order valence-corrected chi connectivity index (χ2v) is 3.90. The first-order chi connectivity index (χ1) is 7.81. The predicted octanol–water partition coefficient (Wildman–Crippen LogP) is 2.95. The van der Waals surface area contributed by atoms with Crippen LogP contribution in [0.1, 0.15) is 31.3 Å². The van der Waals surface area contributed by atoms with Crippen molar-refractivity contribution in [3.05, 3.63) is 48.2 Å².